The van der Waals surface area contributed by atoms with Gasteiger partial charge >= 0.3 is 11.9 Å². The molecule has 0 atom stereocenters. The Morgan fingerprint density at radius 3 is 2.54 bits per heavy atom. The number of ether oxygens (including phenoxy) is 1. The van der Waals surface area contributed by atoms with Crippen molar-refractivity contribution in [2.24, 2.45) is 0 Å². The van der Waals surface area contributed by atoms with Gasteiger partial charge in [0, 0.05) is 36.8 Å². The molecule has 0 radical (unpaired) electrons. The summed E-state index contributed by atoms with van der Waals surface area (Å²) in [5.74, 6) is -1.37. The number of carbonyl (C=O) groups is 2. The van der Waals surface area contributed by atoms with Crippen LogP contribution < -0.4 is 4.90 Å². The van der Waals surface area contributed by atoms with E-state index in [1.807, 2.05) is 30.5 Å². The lowest BCUT2D eigenvalue weighted by Crippen LogP contribution is -2.51. The largest absolute Gasteiger partial charge is 0.459 e. The van der Waals surface area contributed by atoms with Crippen LogP contribution in [-0.2, 0) is 14.3 Å². The standard InChI is InChI=1S/C18H18ClN5O3S/c1-2-27-16(26)15(25)22-7-9-23(10-8-22)18-21-24-11-14(20-17(24)28-18)12-3-5-13(19)6-4-12/h3-6,11H,2,7-10H2,1H3. The molecular formula is C18H18ClN5O3S. The molecule has 10 heteroatoms. The molecule has 1 saturated heterocycles. The van der Waals surface area contributed by atoms with Crippen molar-refractivity contribution < 1.29 is 14.3 Å². The average Bonchev–Trinajstić information content (AvgIpc) is 3.27. The molecule has 0 spiro atoms. The summed E-state index contributed by atoms with van der Waals surface area (Å²) in [4.78, 5) is 32.7. The number of fused-ring (bicyclic) bond motifs is 1. The van der Waals surface area contributed by atoms with Gasteiger partial charge in [-0.3, -0.25) is 4.79 Å². The molecule has 28 heavy (non-hydrogen) atoms. The van der Waals surface area contributed by atoms with E-state index < -0.39 is 11.9 Å². The van der Waals surface area contributed by atoms with E-state index in [1.165, 1.54) is 16.2 Å². The van der Waals surface area contributed by atoms with Gasteiger partial charge in [-0.2, -0.15) is 0 Å². The topological polar surface area (TPSA) is 80.0 Å². The maximum atomic E-state index is 12.0. The number of esters is 1. The second-order valence-corrected chi connectivity index (χ2v) is 7.62. The summed E-state index contributed by atoms with van der Waals surface area (Å²) in [5.41, 5.74) is 1.82. The van der Waals surface area contributed by atoms with Crippen LogP contribution in [-0.4, -0.2) is 64.2 Å². The second kappa shape index (κ2) is 7.76. The average molecular weight is 420 g/mol. The van der Waals surface area contributed by atoms with E-state index in [0.717, 1.165) is 21.3 Å². The minimum atomic E-state index is -0.793. The molecule has 1 aromatic carbocycles. The Hall–Kier alpha value is -2.65. The Bertz CT molecular complexity index is 977. The highest BCUT2D eigenvalue weighted by Gasteiger charge is 2.28. The predicted molar refractivity (Wildman–Crippen MR) is 107 cm³/mol. The summed E-state index contributed by atoms with van der Waals surface area (Å²) >= 11 is 7.43. The van der Waals surface area contributed by atoms with Gasteiger partial charge in [-0.15, -0.1) is 5.10 Å². The lowest BCUT2D eigenvalue weighted by Gasteiger charge is -2.33. The van der Waals surface area contributed by atoms with Crippen LogP contribution in [0.5, 0.6) is 0 Å². The van der Waals surface area contributed by atoms with Crippen LogP contribution in [0.15, 0.2) is 30.5 Å². The smallest absolute Gasteiger partial charge is 0.397 e. The molecule has 0 bridgehead atoms. The normalized spacial score (nSPS) is 14.5. The monoisotopic (exact) mass is 419 g/mol. The lowest BCUT2D eigenvalue weighted by atomic mass is 10.2. The van der Waals surface area contributed by atoms with Crippen LogP contribution in [0, 0.1) is 0 Å². The quantitative estimate of drug-likeness (QED) is 0.479. The molecule has 146 valence electrons. The van der Waals surface area contributed by atoms with Crippen molar-refractivity contribution in [3.63, 3.8) is 0 Å². The highest BCUT2D eigenvalue weighted by Crippen LogP contribution is 2.28. The highest BCUT2D eigenvalue weighted by atomic mass is 35.5. The molecule has 0 aliphatic carbocycles. The Labute approximate surface area is 170 Å². The highest BCUT2D eigenvalue weighted by molar-refractivity contribution is 7.20. The number of piperazine rings is 1. The van der Waals surface area contributed by atoms with Crippen molar-refractivity contribution in [2.45, 2.75) is 6.92 Å². The van der Waals surface area contributed by atoms with Gasteiger partial charge in [0.15, 0.2) is 0 Å². The van der Waals surface area contributed by atoms with Crippen molar-refractivity contribution in [2.75, 3.05) is 37.7 Å². The van der Waals surface area contributed by atoms with E-state index >= 15 is 0 Å². The van der Waals surface area contributed by atoms with Crippen molar-refractivity contribution in [3.8, 4) is 11.3 Å². The van der Waals surface area contributed by atoms with Crippen LogP contribution in [0.25, 0.3) is 16.2 Å². The van der Waals surface area contributed by atoms with Crippen LogP contribution in [0.3, 0.4) is 0 Å². The molecule has 3 heterocycles. The number of hydrogen-bond acceptors (Lipinski definition) is 7. The zero-order valence-electron chi connectivity index (χ0n) is 15.2. The zero-order chi connectivity index (χ0) is 19.7. The van der Waals surface area contributed by atoms with Gasteiger partial charge in [-0.1, -0.05) is 35.1 Å². The van der Waals surface area contributed by atoms with Crippen LogP contribution in [0.2, 0.25) is 5.02 Å². The molecule has 0 saturated carbocycles. The van der Waals surface area contributed by atoms with Gasteiger partial charge in [0.25, 0.3) is 0 Å². The minimum Gasteiger partial charge on any atom is -0.459 e. The Kier molecular flexibility index (Phi) is 5.19. The van der Waals surface area contributed by atoms with Gasteiger partial charge in [-0.05, 0) is 19.1 Å². The van der Waals surface area contributed by atoms with Crippen molar-refractivity contribution >= 4 is 44.9 Å². The molecule has 3 aromatic rings. The summed E-state index contributed by atoms with van der Waals surface area (Å²) in [7, 11) is 0. The van der Waals surface area contributed by atoms with Crippen molar-refractivity contribution in [3.05, 3.63) is 35.5 Å². The molecule has 4 rings (SSSR count). The Morgan fingerprint density at radius 2 is 1.89 bits per heavy atom. The zero-order valence-corrected chi connectivity index (χ0v) is 16.7. The maximum absolute atomic E-state index is 12.0. The number of anilines is 1. The third-order valence-corrected chi connectivity index (χ3v) is 5.70. The van der Waals surface area contributed by atoms with Crippen LogP contribution >= 0.6 is 22.9 Å². The summed E-state index contributed by atoms with van der Waals surface area (Å²) in [6, 6.07) is 7.52. The molecule has 2 aromatic heterocycles. The van der Waals surface area contributed by atoms with Crippen LogP contribution in [0.4, 0.5) is 5.13 Å². The maximum Gasteiger partial charge on any atom is 0.397 e. The fourth-order valence-corrected chi connectivity index (χ4v) is 4.06. The van der Waals surface area contributed by atoms with Crippen molar-refractivity contribution in [1.82, 2.24) is 19.5 Å². The summed E-state index contributed by atoms with van der Waals surface area (Å²) in [6.07, 6.45) is 1.89. The fraction of sp³-hybridized carbons (Fsp3) is 0.333. The van der Waals surface area contributed by atoms with E-state index in [0.29, 0.717) is 31.2 Å². The van der Waals surface area contributed by atoms with Gasteiger partial charge in [0.2, 0.25) is 10.1 Å². The second-order valence-electron chi connectivity index (χ2n) is 6.24. The first-order valence-corrected chi connectivity index (χ1v) is 10.1. The molecule has 1 fully saturated rings. The molecule has 1 aliphatic rings. The number of imidazole rings is 1. The third-order valence-electron chi connectivity index (χ3n) is 4.46. The summed E-state index contributed by atoms with van der Waals surface area (Å²) < 4.78 is 6.54. The lowest BCUT2D eigenvalue weighted by molar-refractivity contribution is -0.160. The first-order valence-electron chi connectivity index (χ1n) is 8.88. The van der Waals surface area contributed by atoms with E-state index in [4.69, 9.17) is 16.3 Å². The number of rotatable bonds is 3. The van der Waals surface area contributed by atoms with Gasteiger partial charge in [0.1, 0.15) is 0 Å². The van der Waals surface area contributed by atoms with E-state index in [2.05, 4.69) is 15.0 Å². The number of nitrogens with zero attached hydrogens (tertiary/aromatic N) is 5. The number of carbonyl (C=O) groups excluding carboxylic acids is 2. The van der Waals surface area contributed by atoms with Gasteiger partial charge in [0.05, 0.1) is 18.5 Å². The van der Waals surface area contributed by atoms with E-state index in [9.17, 15) is 9.59 Å². The van der Waals surface area contributed by atoms with Crippen LogP contribution in [0.1, 0.15) is 6.92 Å². The third kappa shape index (κ3) is 3.67. The number of halogens is 1. The Morgan fingerprint density at radius 1 is 1.18 bits per heavy atom. The van der Waals surface area contributed by atoms with Gasteiger partial charge in [-0.25, -0.2) is 14.3 Å². The molecular weight excluding hydrogens is 402 g/mol. The fourth-order valence-electron chi connectivity index (χ4n) is 3.00. The van der Waals surface area contributed by atoms with E-state index in [-0.39, 0.29) is 6.61 Å². The minimum absolute atomic E-state index is 0.196. The summed E-state index contributed by atoms with van der Waals surface area (Å²) in [5, 5.41) is 6.14. The molecule has 1 aliphatic heterocycles. The number of benzene rings is 1. The molecule has 0 unspecified atom stereocenters. The molecule has 0 N–H and O–H groups in total. The first-order chi connectivity index (χ1) is 13.5. The number of aromatic nitrogens is 3. The SMILES string of the molecule is CCOC(=O)C(=O)N1CCN(c2nn3cc(-c4ccc(Cl)cc4)nc3s2)CC1. The Balaban J connectivity index is 1.43. The number of amides is 1. The summed E-state index contributed by atoms with van der Waals surface area (Å²) in [6.45, 7) is 3.99. The predicted octanol–water partition coefficient (Wildman–Crippen LogP) is 2.32. The van der Waals surface area contributed by atoms with Gasteiger partial charge < -0.3 is 14.5 Å². The first kappa shape index (κ1) is 18.7. The number of hydrogen-bond donors (Lipinski definition) is 0. The van der Waals surface area contributed by atoms with Crippen molar-refractivity contribution in [1.29, 1.82) is 0 Å². The van der Waals surface area contributed by atoms with E-state index in [1.54, 1.807) is 11.4 Å². The molecule has 8 nitrogen and oxygen atoms in total. The molecule has 1 amide bonds.